The summed E-state index contributed by atoms with van der Waals surface area (Å²) in [6.45, 7) is 0.0809. The number of carboxylic acid groups (broad SMARTS) is 1. The molecule has 2 atom stereocenters. The van der Waals surface area contributed by atoms with E-state index in [0.717, 1.165) is 18.4 Å². The van der Waals surface area contributed by atoms with Crippen molar-refractivity contribution in [3.8, 4) is 0 Å². The number of carbonyl (C=O) groups is 2. The van der Waals surface area contributed by atoms with Crippen LogP contribution in [0.15, 0.2) is 29.2 Å². The quantitative estimate of drug-likeness (QED) is 0.830. The predicted octanol–water partition coefficient (Wildman–Crippen LogP) is 1.93. The summed E-state index contributed by atoms with van der Waals surface area (Å²) < 4.78 is 1.94. The molecule has 7 heteroatoms. The number of aliphatic hydroxyl groups is 1. The van der Waals surface area contributed by atoms with Crippen LogP contribution in [0.5, 0.6) is 0 Å². The summed E-state index contributed by atoms with van der Waals surface area (Å²) in [7, 11) is 0. The van der Waals surface area contributed by atoms with E-state index in [9.17, 15) is 24.6 Å². The van der Waals surface area contributed by atoms with E-state index in [1.54, 1.807) is 18.3 Å². The predicted molar refractivity (Wildman–Crippen MR) is 90.0 cm³/mol. The van der Waals surface area contributed by atoms with Crippen molar-refractivity contribution in [3.05, 3.63) is 45.7 Å². The highest BCUT2D eigenvalue weighted by molar-refractivity contribution is 5.87. The number of benzene rings is 1. The number of amides is 1. The summed E-state index contributed by atoms with van der Waals surface area (Å²) in [5.74, 6) is 0. The van der Waals surface area contributed by atoms with Gasteiger partial charge in [0.1, 0.15) is 0 Å². The van der Waals surface area contributed by atoms with Gasteiger partial charge in [0.15, 0.2) is 11.7 Å². The summed E-state index contributed by atoms with van der Waals surface area (Å²) in [6, 6.07) is 5.02. The second-order valence-corrected chi connectivity index (χ2v) is 6.79. The van der Waals surface area contributed by atoms with Crippen LogP contribution in [0.3, 0.4) is 0 Å². The maximum Gasteiger partial charge on any atom is 0.407 e. The Balaban J connectivity index is 1.88. The lowest BCUT2D eigenvalue weighted by Crippen LogP contribution is -2.30. The monoisotopic (exact) mass is 342 g/mol. The van der Waals surface area contributed by atoms with Crippen molar-refractivity contribution in [1.29, 1.82) is 0 Å². The molecule has 1 aliphatic heterocycles. The molecule has 1 amide bonds. The largest absolute Gasteiger partial charge is 0.465 e. The van der Waals surface area contributed by atoms with Crippen molar-refractivity contribution in [3.63, 3.8) is 0 Å². The average Bonchev–Trinajstić information content (AvgIpc) is 3.36. The molecule has 7 nitrogen and oxygen atoms in total. The number of β-amino-alcohol motifs (C(OH)–C–C–N with tert-alkyl or cyclic N) is 1. The fourth-order valence-electron chi connectivity index (χ4n) is 3.68. The Labute approximate surface area is 143 Å². The van der Waals surface area contributed by atoms with Crippen LogP contribution in [0, 0.1) is 0 Å². The van der Waals surface area contributed by atoms with Gasteiger partial charge in [-0.15, -0.1) is 0 Å². The third-order valence-electron chi connectivity index (χ3n) is 5.06. The molecule has 1 saturated carbocycles. The van der Waals surface area contributed by atoms with Crippen molar-refractivity contribution in [2.45, 2.75) is 37.5 Å². The molecular weight excluding hydrogens is 324 g/mol. The number of fused-ring (bicyclic) bond motifs is 1. The smallest absolute Gasteiger partial charge is 0.407 e. The molecular formula is C18H18N2O5. The third-order valence-corrected chi connectivity index (χ3v) is 5.06. The average molecular weight is 342 g/mol. The van der Waals surface area contributed by atoms with Crippen LogP contribution in [-0.2, 0) is 0 Å². The molecule has 1 aromatic heterocycles. The molecule has 1 saturated heterocycles. The van der Waals surface area contributed by atoms with Crippen LogP contribution in [0.2, 0.25) is 0 Å². The summed E-state index contributed by atoms with van der Waals surface area (Å²) in [6.07, 6.45) is 2.72. The van der Waals surface area contributed by atoms with Crippen LogP contribution in [0.4, 0.5) is 4.79 Å². The molecule has 2 aromatic rings. The fourth-order valence-corrected chi connectivity index (χ4v) is 3.68. The second-order valence-electron chi connectivity index (χ2n) is 6.79. The molecule has 130 valence electrons. The lowest BCUT2D eigenvalue weighted by molar-refractivity contribution is 0.112. The lowest BCUT2D eigenvalue weighted by Gasteiger charge is -2.22. The van der Waals surface area contributed by atoms with Gasteiger partial charge in [-0.25, -0.2) is 4.79 Å². The Kier molecular flexibility index (Phi) is 3.61. The molecule has 1 aliphatic carbocycles. The molecule has 25 heavy (non-hydrogen) atoms. The van der Waals surface area contributed by atoms with Crippen molar-refractivity contribution < 1.29 is 19.8 Å². The van der Waals surface area contributed by atoms with Gasteiger partial charge >= 0.3 is 6.09 Å². The normalized spacial score (nSPS) is 23.2. The van der Waals surface area contributed by atoms with E-state index in [1.165, 1.54) is 4.90 Å². The zero-order chi connectivity index (χ0) is 17.7. The van der Waals surface area contributed by atoms with E-state index in [2.05, 4.69) is 0 Å². The summed E-state index contributed by atoms with van der Waals surface area (Å²) in [4.78, 5) is 36.3. The number of carbonyl (C=O) groups excluding carboxylic acids is 1. The van der Waals surface area contributed by atoms with Gasteiger partial charge in [0.25, 0.3) is 0 Å². The molecule has 2 heterocycles. The number of aromatic nitrogens is 1. The van der Waals surface area contributed by atoms with Gasteiger partial charge in [-0.3, -0.25) is 14.5 Å². The van der Waals surface area contributed by atoms with Crippen LogP contribution >= 0.6 is 0 Å². The molecule has 2 fully saturated rings. The number of rotatable bonds is 3. The van der Waals surface area contributed by atoms with Crippen LogP contribution in [0.25, 0.3) is 10.9 Å². The van der Waals surface area contributed by atoms with Crippen LogP contribution in [0.1, 0.15) is 47.3 Å². The Morgan fingerprint density at radius 1 is 1.28 bits per heavy atom. The highest BCUT2D eigenvalue weighted by Crippen LogP contribution is 2.38. The number of nitrogens with zero attached hydrogens (tertiary/aromatic N) is 2. The SMILES string of the molecule is O=Cc1cn(C2CC2)c2cc(C3CC(O)CN3C(=O)O)ccc2c1=O. The zero-order valence-electron chi connectivity index (χ0n) is 13.5. The molecule has 0 radical (unpaired) electrons. The van der Waals surface area contributed by atoms with Gasteiger partial charge in [0.2, 0.25) is 0 Å². The van der Waals surface area contributed by atoms with E-state index < -0.39 is 18.2 Å². The van der Waals surface area contributed by atoms with Crippen molar-refractivity contribution in [2.75, 3.05) is 6.54 Å². The molecule has 2 unspecified atom stereocenters. The first-order chi connectivity index (χ1) is 12.0. The standard InChI is InChI=1S/C18H18N2O5/c21-9-11-7-19(12-2-3-12)16-5-10(1-4-14(16)17(11)23)15-6-13(22)8-20(15)18(24)25/h1,4-5,7,9,12-13,15,22H,2-3,6,8H2,(H,24,25). The Morgan fingerprint density at radius 3 is 2.68 bits per heavy atom. The van der Waals surface area contributed by atoms with E-state index in [1.807, 2.05) is 10.6 Å². The maximum absolute atomic E-state index is 12.4. The molecule has 0 bridgehead atoms. The van der Waals surface area contributed by atoms with Crippen LogP contribution in [-0.4, -0.2) is 44.7 Å². The zero-order valence-corrected chi connectivity index (χ0v) is 13.5. The van der Waals surface area contributed by atoms with Crippen molar-refractivity contribution in [1.82, 2.24) is 9.47 Å². The summed E-state index contributed by atoms with van der Waals surface area (Å²) in [5, 5.41) is 19.7. The van der Waals surface area contributed by atoms with Crippen molar-refractivity contribution in [2.24, 2.45) is 0 Å². The molecule has 0 spiro atoms. The minimum absolute atomic E-state index is 0.0809. The van der Waals surface area contributed by atoms with Crippen LogP contribution < -0.4 is 5.43 Å². The minimum atomic E-state index is -1.07. The lowest BCUT2D eigenvalue weighted by atomic mass is 10.0. The Hall–Kier alpha value is -2.67. The number of pyridine rings is 1. The minimum Gasteiger partial charge on any atom is -0.465 e. The molecule has 4 rings (SSSR count). The highest BCUT2D eigenvalue weighted by Gasteiger charge is 2.35. The highest BCUT2D eigenvalue weighted by atomic mass is 16.4. The van der Waals surface area contributed by atoms with E-state index in [4.69, 9.17) is 0 Å². The number of likely N-dealkylation sites (tertiary alicyclic amines) is 1. The van der Waals surface area contributed by atoms with E-state index in [-0.39, 0.29) is 23.6 Å². The first-order valence-corrected chi connectivity index (χ1v) is 8.31. The van der Waals surface area contributed by atoms with Gasteiger partial charge < -0.3 is 14.8 Å². The van der Waals surface area contributed by atoms with E-state index in [0.29, 0.717) is 23.6 Å². The van der Waals surface area contributed by atoms with E-state index >= 15 is 0 Å². The molecule has 2 aliphatic rings. The number of aldehydes is 1. The number of hydrogen-bond acceptors (Lipinski definition) is 4. The van der Waals surface area contributed by atoms with Crippen molar-refractivity contribution >= 4 is 23.3 Å². The number of hydrogen-bond donors (Lipinski definition) is 2. The Bertz CT molecular complexity index is 931. The van der Waals surface area contributed by atoms with Gasteiger partial charge in [-0.2, -0.15) is 0 Å². The summed E-state index contributed by atoms with van der Waals surface area (Å²) >= 11 is 0. The first kappa shape index (κ1) is 15.8. The van der Waals surface area contributed by atoms with Gasteiger partial charge in [0.05, 0.1) is 29.8 Å². The van der Waals surface area contributed by atoms with Gasteiger partial charge in [0, 0.05) is 17.6 Å². The van der Waals surface area contributed by atoms with Gasteiger partial charge in [-0.05, 0) is 37.0 Å². The maximum atomic E-state index is 12.4. The van der Waals surface area contributed by atoms with Gasteiger partial charge in [-0.1, -0.05) is 6.07 Å². The number of aliphatic hydroxyl groups excluding tert-OH is 1. The fraction of sp³-hybridized carbons (Fsp3) is 0.389. The molecule has 1 aromatic carbocycles. The molecule has 2 N–H and O–H groups in total. The first-order valence-electron chi connectivity index (χ1n) is 8.31. The topological polar surface area (TPSA) is 99.8 Å². The third kappa shape index (κ3) is 2.60. The Morgan fingerprint density at radius 2 is 2.04 bits per heavy atom. The summed E-state index contributed by atoms with van der Waals surface area (Å²) in [5.41, 5.74) is 1.28. The second kappa shape index (κ2) is 5.70.